The average Bonchev–Trinajstić information content (AvgIpc) is 3.20. The van der Waals surface area contributed by atoms with Gasteiger partial charge in [-0.15, -0.1) is 0 Å². The normalized spacial score (nSPS) is 11.2. The molecule has 0 radical (unpaired) electrons. The number of carbonyl (C=O) groups is 1. The Labute approximate surface area is 203 Å². The van der Waals surface area contributed by atoms with E-state index in [2.05, 4.69) is 41.9 Å². The Bertz CT molecular complexity index is 1030. The zero-order chi connectivity index (χ0) is 24.2. The summed E-state index contributed by atoms with van der Waals surface area (Å²) in [5.74, 6) is 2.96. The number of amides is 1. The highest BCUT2D eigenvalue weighted by Gasteiger charge is 2.13. The highest BCUT2D eigenvalue weighted by atomic mass is 16.5. The zero-order valence-corrected chi connectivity index (χ0v) is 20.9. The fourth-order valence-electron chi connectivity index (χ4n) is 4.26. The second kappa shape index (κ2) is 13.6. The number of nitrogens with zero attached hydrogens (tertiary/aromatic N) is 2. The summed E-state index contributed by atoms with van der Waals surface area (Å²) >= 11 is 0. The third-order valence-electron chi connectivity index (χ3n) is 6.19. The molecule has 1 amide bonds. The number of para-hydroxylation sites is 4. The molecule has 1 N–H and O–H groups in total. The highest BCUT2D eigenvalue weighted by molar-refractivity contribution is 5.78. The molecule has 3 aromatic rings. The third kappa shape index (κ3) is 6.99. The first kappa shape index (κ1) is 25.6. The molecule has 184 valence electrons. The van der Waals surface area contributed by atoms with E-state index < -0.39 is 0 Å². The van der Waals surface area contributed by atoms with Gasteiger partial charge in [0.1, 0.15) is 12.4 Å². The minimum Gasteiger partial charge on any atom is -0.490 e. The quantitative estimate of drug-likeness (QED) is 0.289. The Morgan fingerprint density at radius 3 is 2.38 bits per heavy atom. The summed E-state index contributed by atoms with van der Waals surface area (Å²) in [6, 6.07) is 16.1. The molecule has 0 unspecified atom stereocenters. The Morgan fingerprint density at radius 1 is 0.941 bits per heavy atom. The Hall–Kier alpha value is -3.02. The van der Waals surface area contributed by atoms with Crippen molar-refractivity contribution in [3.8, 4) is 11.5 Å². The number of carbonyl (C=O) groups excluding carboxylic acids is 1. The second-order valence-electron chi connectivity index (χ2n) is 8.51. The van der Waals surface area contributed by atoms with Crippen LogP contribution in [-0.2, 0) is 17.8 Å². The molecule has 6 nitrogen and oxygen atoms in total. The predicted molar refractivity (Wildman–Crippen MR) is 137 cm³/mol. The molecule has 3 rings (SSSR count). The molecule has 0 aliphatic heterocycles. The van der Waals surface area contributed by atoms with E-state index in [1.54, 1.807) is 0 Å². The average molecular weight is 466 g/mol. The Kier molecular flexibility index (Phi) is 10.3. The van der Waals surface area contributed by atoms with E-state index >= 15 is 0 Å². The maximum Gasteiger partial charge on any atom is 0.223 e. The number of fused-ring (bicyclic) bond motifs is 1. The van der Waals surface area contributed by atoms with Gasteiger partial charge in [0.05, 0.1) is 24.2 Å². The van der Waals surface area contributed by atoms with Crippen molar-refractivity contribution in [2.75, 3.05) is 19.8 Å². The van der Waals surface area contributed by atoms with Crippen molar-refractivity contribution in [3.05, 3.63) is 54.4 Å². The van der Waals surface area contributed by atoms with Gasteiger partial charge in [0.25, 0.3) is 0 Å². The minimum absolute atomic E-state index is 0.141. The molecule has 1 heterocycles. The first-order chi connectivity index (χ1) is 16.7. The van der Waals surface area contributed by atoms with Gasteiger partial charge in [-0.25, -0.2) is 4.98 Å². The standard InChI is InChI=1S/C28H39N3O3/c1-4-22(5-2)28(32)29-19-13-7-8-18-27-30-23-14-9-10-15-24(23)31(27)20-21-34-26-17-12-11-16-25(26)33-6-3/h9-12,14-17,22H,4-8,13,18-21H2,1-3H3,(H,29,32). The van der Waals surface area contributed by atoms with E-state index in [9.17, 15) is 4.79 Å². The van der Waals surface area contributed by atoms with E-state index in [0.29, 0.717) is 13.2 Å². The van der Waals surface area contributed by atoms with Crippen LogP contribution >= 0.6 is 0 Å². The maximum absolute atomic E-state index is 12.1. The molecule has 0 bridgehead atoms. The molecule has 0 saturated heterocycles. The lowest BCUT2D eigenvalue weighted by Gasteiger charge is -2.14. The van der Waals surface area contributed by atoms with E-state index in [1.165, 1.54) is 0 Å². The first-order valence-corrected chi connectivity index (χ1v) is 12.7. The molecule has 1 aromatic heterocycles. The largest absolute Gasteiger partial charge is 0.490 e. The lowest BCUT2D eigenvalue weighted by molar-refractivity contribution is -0.125. The smallest absolute Gasteiger partial charge is 0.223 e. The summed E-state index contributed by atoms with van der Waals surface area (Å²) in [4.78, 5) is 17.0. The monoisotopic (exact) mass is 465 g/mol. The number of aryl methyl sites for hydroxylation is 1. The van der Waals surface area contributed by atoms with Crippen molar-refractivity contribution in [1.82, 2.24) is 14.9 Å². The van der Waals surface area contributed by atoms with Gasteiger partial charge in [-0.1, -0.05) is 44.5 Å². The number of hydrogen-bond acceptors (Lipinski definition) is 4. The molecule has 6 heteroatoms. The van der Waals surface area contributed by atoms with Crippen molar-refractivity contribution < 1.29 is 14.3 Å². The topological polar surface area (TPSA) is 65.4 Å². The van der Waals surface area contributed by atoms with Crippen molar-refractivity contribution in [3.63, 3.8) is 0 Å². The highest BCUT2D eigenvalue weighted by Crippen LogP contribution is 2.26. The molecule has 0 spiro atoms. The molecule has 0 aliphatic carbocycles. The van der Waals surface area contributed by atoms with E-state index in [0.717, 1.165) is 80.0 Å². The Balaban J connectivity index is 1.53. The summed E-state index contributed by atoms with van der Waals surface area (Å²) < 4.78 is 14.0. The molecule has 34 heavy (non-hydrogen) atoms. The van der Waals surface area contributed by atoms with E-state index in [1.807, 2.05) is 37.3 Å². The summed E-state index contributed by atoms with van der Waals surface area (Å²) in [6.07, 6.45) is 5.80. The van der Waals surface area contributed by atoms with Crippen LogP contribution in [0.5, 0.6) is 11.5 Å². The number of imidazole rings is 1. The summed E-state index contributed by atoms with van der Waals surface area (Å²) in [7, 11) is 0. The van der Waals surface area contributed by atoms with Crippen molar-refractivity contribution >= 4 is 16.9 Å². The van der Waals surface area contributed by atoms with Crippen LogP contribution in [0.1, 0.15) is 58.7 Å². The van der Waals surface area contributed by atoms with Gasteiger partial charge < -0.3 is 19.4 Å². The molecule has 0 atom stereocenters. The van der Waals surface area contributed by atoms with E-state index in [-0.39, 0.29) is 11.8 Å². The minimum atomic E-state index is 0.141. The number of unbranched alkanes of at least 4 members (excludes halogenated alkanes) is 2. The number of aromatic nitrogens is 2. The van der Waals surface area contributed by atoms with Crippen molar-refractivity contribution in [1.29, 1.82) is 0 Å². The van der Waals surface area contributed by atoms with Crippen LogP contribution in [-0.4, -0.2) is 35.2 Å². The molecule has 0 saturated carbocycles. The summed E-state index contributed by atoms with van der Waals surface area (Å²) in [5.41, 5.74) is 2.15. The van der Waals surface area contributed by atoms with Crippen LogP contribution in [0.2, 0.25) is 0 Å². The van der Waals surface area contributed by atoms with Crippen LogP contribution in [0, 0.1) is 5.92 Å². The molecule has 0 aliphatic rings. The SMILES string of the molecule is CCOc1ccccc1OCCn1c(CCCCCNC(=O)C(CC)CC)nc2ccccc21. The van der Waals surface area contributed by atoms with Crippen molar-refractivity contribution in [2.24, 2.45) is 5.92 Å². The Morgan fingerprint density at radius 2 is 1.65 bits per heavy atom. The summed E-state index contributed by atoms with van der Waals surface area (Å²) in [6.45, 7) is 8.74. The van der Waals surface area contributed by atoms with Gasteiger partial charge in [0, 0.05) is 18.9 Å². The van der Waals surface area contributed by atoms with Gasteiger partial charge in [0.2, 0.25) is 5.91 Å². The van der Waals surface area contributed by atoms with Gasteiger partial charge in [-0.3, -0.25) is 4.79 Å². The summed E-state index contributed by atoms with van der Waals surface area (Å²) in [5, 5.41) is 3.09. The molecular weight excluding hydrogens is 426 g/mol. The van der Waals surface area contributed by atoms with Crippen LogP contribution < -0.4 is 14.8 Å². The van der Waals surface area contributed by atoms with Gasteiger partial charge in [-0.2, -0.15) is 0 Å². The van der Waals surface area contributed by atoms with E-state index in [4.69, 9.17) is 14.5 Å². The molecular formula is C28H39N3O3. The number of hydrogen-bond donors (Lipinski definition) is 1. The lowest BCUT2D eigenvalue weighted by Crippen LogP contribution is -2.30. The van der Waals surface area contributed by atoms with Crippen LogP contribution in [0.4, 0.5) is 0 Å². The van der Waals surface area contributed by atoms with Gasteiger partial charge in [-0.05, 0) is 56.9 Å². The molecule has 2 aromatic carbocycles. The number of nitrogens with one attached hydrogen (secondary N) is 1. The number of ether oxygens (including phenoxy) is 2. The van der Waals surface area contributed by atoms with Gasteiger partial charge >= 0.3 is 0 Å². The third-order valence-corrected chi connectivity index (χ3v) is 6.19. The zero-order valence-electron chi connectivity index (χ0n) is 20.9. The van der Waals surface area contributed by atoms with Gasteiger partial charge in [0.15, 0.2) is 11.5 Å². The first-order valence-electron chi connectivity index (χ1n) is 12.7. The second-order valence-corrected chi connectivity index (χ2v) is 8.51. The number of rotatable bonds is 15. The van der Waals surface area contributed by atoms with Crippen LogP contribution in [0.3, 0.4) is 0 Å². The van der Waals surface area contributed by atoms with Crippen LogP contribution in [0.15, 0.2) is 48.5 Å². The van der Waals surface area contributed by atoms with Crippen LogP contribution in [0.25, 0.3) is 11.0 Å². The molecule has 0 fully saturated rings. The fraction of sp³-hybridized carbons (Fsp3) is 0.500. The van der Waals surface area contributed by atoms with Crippen molar-refractivity contribution in [2.45, 2.75) is 65.8 Å². The lowest BCUT2D eigenvalue weighted by atomic mass is 10.0. The number of benzene rings is 2. The predicted octanol–water partition coefficient (Wildman–Crippen LogP) is 5.78. The fourth-order valence-corrected chi connectivity index (χ4v) is 4.26. The maximum atomic E-state index is 12.1.